The maximum Gasteiger partial charge on any atom is 0.167 e. The van der Waals surface area contributed by atoms with E-state index in [0.717, 1.165) is 6.42 Å². The summed E-state index contributed by atoms with van der Waals surface area (Å²) in [4.78, 5) is 12.6. The summed E-state index contributed by atoms with van der Waals surface area (Å²) in [6.45, 7) is 8.10. The molecule has 7 nitrogen and oxygen atoms in total. The highest BCUT2D eigenvalue weighted by Crippen LogP contribution is 2.48. The summed E-state index contributed by atoms with van der Waals surface area (Å²) in [6.07, 6.45) is 5.55. The Morgan fingerprint density at radius 2 is 2.23 bits per heavy atom. The first-order valence-electron chi connectivity index (χ1n) is 7.39. The molecule has 2 saturated heterocycles. The fourth-order valence-electron chi connectivity index (χ4n) is 3.61. The fraction of sp³-hybridized carbons (Fsp3) is 0.533. The van der Waals surface area contributed by atoms with E-state index in [1.807, 2.05) is 10.6 Å². The molecule has 0 saturated carbocycles. The molecule has 7 heteroatoms. The number of nitrogens with zero attached hydrogens (tertiary/aromatic N) is 4. The lowest BCUT2D eigenvalue weighted by molar-refractivity contribution is -0.0968. The van der Waals surface area contributed by atoms with E-state index in [1.165, 1.54) is 6.33 Å². The van der Waals surface area contributed by atoms with Crippen molar-refractivity contribution in [1.29, 1.82) is 0 Å². The summed E-state index contributed by atoms with van der Waals surface area (Å²) >= 11 is 0. The molecule has 2 aromatic heterocycles. The van der Waals surface area contributed by atoms with Crippen molar-refractivity contribution in [1.82, 2.24) is 19.5 Å². The first-order chi connectivity index (χ1) is 10.5. The standard InChI is InChI=1S/C15H19N5O2/c1-4-9-8-5-15(2,3)22-11(8)14(21-9)20-7-19-10-12(16)17-6-18-13(10)20/h4,6-9,11,14H,1,5H2,2-3H3,(H2,16,17,18)/t8-,9?,11-,14?/m1/s1. The zero-order valence-electron chi connectivity index (χ0n) is 12.6. The van der Waals surface area contributed by atoms with Crippen molar-refractivity contribution in [3.63, 3.8) is 0 Å². The zero-order valence-corrected chi connectivity index (χ0v) is 12.6. The number of hydrogen-bond donors (Lipinski definition) is 1. The SMILES string of the molecule is C=CC1OC(n2cnc3c(N)ncnc32)[C@@H]2OC(C)(C)C[C@H]12. The summed E-state index contributed by atoms with van der Waals surface area (Å²) in [5.41, 5.74) is 6.94. The highest BCUT2D eigenvalue weighted by Gasteiger charge is 2.53. The first kappa shape index (κ1) is 13.7. The monoisotopic (exact) mass is 301 g/mol. The first-order valence-corrected chi connectivity index (χ1v) is 7.39. The van der Waals surface area contributed by atoms with E-state index < -0.39 is 0 Å². The maximum absolute atomic E-state index is 6.22. The van der Waals surface area contributed by atoms with Crippen LogP contribution in [0.3, 0.4) is 0 Å². The Balaban J connectivity index is 1.78. The van der Waals surface area contributed by atoms with Crippen LogP contribution in [-0.4, -0.2) is 37.3 Å². The molecule has 0 radical (unpaired) electrons. The van der Waals surface area contributed by atoms with Crippen LogP contribution in [0.25, 0.3) is 11.2 Å². The molecule has 2 aliphatic heterocycles. The summed E-state index contributed by atoms with van der Waals surface area (Å²) in [6, 6.07) is 0. The van der Waals surface area contributed by atoms with Gasteiger partial charge in [-0.1, -0.05) is 6.08 Å². The van der Waals surface area contributed by atoms with Crippen molar-refractivity contribution in [3.05, 3.63) is 25.3 Å². The number of ether oxygens (including phenoxy) is 2. The second-order valence-electron chi connectivity index (χ2n) is 6.52. The molecule has 0 aromatic carbocycles. The van der Waals surface area contributed by atoms with Crippen molar-refractivity contribution in [2.75, 3.05) is 5.73 Å². The Hall–Kier alpha value is -1.99. The average Bonchev–Trinajstić information content (AvgIpc) is 3.10. The number of rotatable bonds is 2. The molecule has 0 spiro atoms. The number of fused-ring (bicyclic) bond motifs is 2. The number of aromatic nitrogens is 4. The minimum Gasteiger partial charge on any atom is -0.382 e. The minimum atomic E-state index is -0.283. The lowest BCUT2D eigenvalue weighted by Gasteiger charge is -2.24. The van der Waals surface area contributed by atoms with Gasteiger partial charge >= 0.3 is 0 Å². The van der Waals surface area contributed by atoms with Crippen LogP contribution in [0.4, 0.5) is 5.82 Å². The molecule has 2 unspecified atom stereocenters. The topological polar surface area (TPSA) is 88.1 Å². The molecule has 4 heterocycles. The predicted octanol–water partition coefficient (Wildman–Crippen LogP) is 1.68. The quantitative estimate of drug-likeness (QED) is 0.849. The Bertz CT molecular complexity index is 741. The van der Waals surface area contributed by atoms with Crippen LogP contribution in [0.2, 0.25) is 0 Å². The van der Waals surface area contributed by atoms with Gasteiger partial charge in [0.15, 0.2) is 17.7 Å². The van der Waals surface area contributed by atoms with E-state index in [9.17, 15) is 0 Å². The normalized spacial score (nSPS) is 33.2. The largest absolute Gasteiger partial charge is 0.382 e. The number of hydrogen-bond acceptors (Lipinski definition) is 6. The molecule has 0 bridgehead atoms. The van der Waals surface area contributed by atoms with Crippen LogP contribution >= 0.6 is 0 Å². The minimum absolute atomic E-state index is 0.0339. The highest BCUT2D eigenvalue weighted by molar-refractivity contribution is 5.81. The number of imidazole rings is 1. The van der Waals surface area contributed by atoms with Gasteiger partial charge < -0.3 is 15.2 Å². The summed E-state index contributed by atoms with van der Waals surface area (Å²) in [7, 11) is 0. The third kappa shape index (κ3) is 1.85. The van der Waals surface area contributed by atoms with Gasteiger partial charge in [-0.3, -0.25) is 4.57 Å². The van der Waals surface area contributed by atoms with Crippen LogP contribution in [0.15, 0.2) is 25.3 Å². The van der Waals surface area contributed by atoms with Crippen molar-refractivity contribution >= 4 is 17.0 Å². The van der Waals surface area contributed by atoms with Gasteiger partial charge in [-0.2, -0.15) is 0 Å². The molecule has 22 heavy (non-hydrogen) atoms. The maximum atomic E-state index is 6.22. The van der Waals surface area contributed by atoms with Gasteiger partial charge in [0.25, 0.3) is 0 Å². The number of anilines is 1. The second kappa shape index (κ2) is 4.50. The molecular weight excluding hydrogens is 282 g/mol. The van der Waals surface area contributed by atoms with Crippen molar-refractivity contribution in [2.45, 2.75) is 44.3 Å². The summed E-state index contributed by atoms with van der Waals surface area (Å²) in [5.74, 6) is 0.653. The Morgan fingerprint density at radius 1 is 1.41 bits per heavy atom. The van der Waals surface area contributed by atoms with E-state index in [1.54, 1.807) is 6.33 Å². The molecule has 2 N–H and O–H groups in total. The third-order valence-corrected chi connectivity index (χ3v) is 4.50. The Kier molecular flexibility index (Phi) is 2.79. The van der Waals surface area contributed by atoms with E-state index in [0.29, 0.717) is 17.0 Å². The molecule has 2 aromatic rings. The van der Waals surface area contributed by atoms with Crippen molar-refractivity contribution < 1.29 is 9.47 Å². The van der Waals surface area contributed by atoms with Gasteiger partial charge in [-0.15, -0.1) is 6.58 Å². The van der Waals surface area contributed by atoms with Gasteiger partial charge in [0.2, 0.25) is 0 Å². The van der Waals surface area contributed by atoms with Gasteiger partial charge in [0.05, 0.1) is 18.0 Å². The average molecular weight is 301 g/mol. The zero-order chi connectivity index (χ0) is 15.5. The van der Waals surface area contributed by atoms with Crippen molar-refractivity contribution in [2.24, 2.45) is 5.92 Å². The highest BCUT2D eigenvalue weighted by atomic mass is 16.6. The lowest BCUT2D eigenvalue weighted by Crippen LogP contribution is -2.27. The molecule has 4 rings (SSSR count). The van der Waals surface area contributed by atoms with E-state index in [-0.39, 0.29) is 30.0 Å². The number of nitrogen functional groups attached to an aromatic ring is 1. The van der Waals surface area contributed by atoms with Gasteiger partial charge in [-0.05, 0) is 20.3 Å². The van der Waals surface area contributed by atoms with Gasteiger partial charge in [-0.25, -0.2) is 15.0 Å². The number of nitrogens with two attached hydrogens (primary N) is 1. The van der Waals surface area contributed by atoms with Crippen LogP contribution in [0.1, 0.15) is 26.5 Å². The molecule has 0 amide bonds. The summed E-state index contributed by atoms with van der Waals surface area (Å²) in [5, 5.41) is 0. The predicted molar refractivity (Wildman–Crippen MR) is 80.9 cm³/mol. The van der Waals surface area contributed by atoms with Crippen LogP contribution in [0, 0.1) is 5.92 Å². The van der Waals surface area contributed by atoms with E-state index in [2.05, 4.69) is 35.4 Å². The third-order valence-electron chi connectivity index (χ3n) is 4.50. The molecule has 116 valence electrons. The van der Waals surface area contributed by atoms with Crippen LogP contribution < -0.4 is 5.73 Å². The molecule has 2 aliphatic rings. The molecule has 0 aliphatic carbocycles. The van der Waals surface area contributed by atoms with Crippen molar-refractivity contribution in [3.8, 4) is 0 Å². The lowest BCUT2D eigenvalue weighted by atomic mass is 9.91. The summed E-state index contributed by atoms with van der Waals surface area (Å²) < 4.78 is 14.3. The second-order valence-corrected chi connectivity index (χ2v) is 6.52. The molecular formula is C15H19N5O2. The molecule has 2 fully saturated rings. The van der Waals surface area contributed by atoms with E-state index in [4.69, 9.17) is 15.2 Å². The van der Waals surface area contributed by atoms with Crippen LogP contribution in [0.5, 0.6) is 0 Å². The van der Waals surface area contributed by atoms with Crippen LogP contribution in [-0.2, 0) is 9.47 Å². The molecule has 4 atom stereocenters. The van der Waals surface area contributed by atoms with E-state index >= 15 is 0 Å². The van der Waals surface area contributed by atoms with Gasteiger partial charge in [0, 0.05) is 5.92 Å². The van der Waals surface area contributed by atoms with Gasteiger partial charge in [0.1, 0.15) is 17.9 Å². The Morgan fingerprint density at radius 3 is 3.00 bits per heavy atom. The smallest absolute Gasteiger partial charge is 0.167 e. The Labute approximate surface area is 128 Å². The fourth-order valence-corrected chi connectivity index (χ4v) is 3.61.